The van der Waals surface area contributed by atoms with Gasteiger partial charge in [0.1, 0.15) is 11.2 Å². The SMILES string of the molecule is C1=CC(N(c2cccc(-c3ccccc3)c2)c2ccc3c(c2)oc2c4cccnc4ccc32)=CC(c2cccc3ccccc23)C1. The summed E-state index contributed by atoms with van der Waals surface area (Å²) >= 11 is 0. The first-order valence-electron chi connectivity index (χ1n) is 15.8. The number of aromatic nitrogens is 1. The Bertz CT molecular complexity index is 2460. The summed E-state index contributed by atoms with van der Waals surface area (Å²) in [5.74, 6) is 0.250. The highest BCUT2D eigenvalue weighted by molar-refractivity contribution is 6.14. The maximum absolute atomic E-state index is 6.61. The topological polar surface area (TPSA) is 29.3 Å². The van der Waals surface area contributed by atoms with E-state index in [4.69, 9.17) is 4.42 Å². The first-order valence-corrected chi connectivity index (χ1v) is 15.8. The van der Waals surface area contributed by atoms with Crippen LogP contribution in [0.2, 0.25) is 0 Å². The van der Waals surface area contributed by atoms with Gasteiger partial charge in [0.2, 0.25) is 0 Å². The number of anilines is 2. The molecular weight excluding hydrogens is 560 g/mol. The highest BCUT2D eigenvalue weighted by Crippen LogP contribution is 2.41. The second-order valence-corrected chi connectivity index (χ2v) is 12.0. The molecule has 6 aromatic carbocycles. The molecule has 218 valence electrons. The van der Waals surface area contributed by atoms with E-state index in [1.54, 1.807) is 0 Å². The molecule has 0 bridgehead atoms. The van der Waals surface area contributed by atoms with Gasteiger partial charge in [-0.2, -0.15) is 0 Å². The van der Waals surface area contributed by atoms with Gasteiger partial charge >= 0.3 is 0 Å². The third-order valence-electron chi connectivity index (χ3n) is 9.20. The molecule has 0 amide bonds. The Hall–Kier alpha value is -5.93. The van der Waals surface area contributed by atoms with Crippen LogP contribution in [0.3, 0.4) is 0 Å². The Morgan fingerprint density at radius 2 is 1.39 bits per heavy atom. The van der Waals surface area contributed by atoms with Crippen LogP contribution in [0.15, 0.2) is 174 Å². The zero-order chi connectivity index (χ0) is 30.5. The minimum Gasteiger partial charge on any atom is -0.455 e. The number of fused-ring (bicyclic) bond motifs is 6. The molecule has 1 atom stereocenters. The van der Waals surface area contributed by atoms with Crippen molar-refractivity contribution >= 4 is 55.0 Å². The highest BCUT2D eigenvalue weighted by Gasteiger charge is 2.22. The number of hydrogen-bond donors (Lipinski definition) is 0. The summed E-state index contributed by atoms with van der Waals surface area (Å²) < 4.78 is 6.61. The van der Waals surface area contributed by atoms with Crippen molar-refractivity contribution in [1.82, 2.24) is 4.98 Å². The molecule has 1 unspecified atom stereocenters. The fourth-order valence-electron chi connectivity index (χ4n) is 7.02. The summed E-state index contributed by atoms with van der Waals surface area (Å²) in [5.41, 5.74) is 9.69. The number of pyridine rings is 1. The van der Waals surface area contributed by atoms with Crippen LogP contribution >= 0.6 is 0 Å². The van der Waals surface area contributed by atoms with E-state index >= 15 is 0 Å². The highest BCUT2D eigenvalue weighted by atomic mass is 16.3. The monoisotopic (exact) mass is 590 g/mol. The molecule has 1 aliphatic rings. The Morgan fingerprint density at radius 1 is 0.609 bits per heavy atom. The lowest BCUT2D eigenvalue weighted by molar-refractivity contribution is 0.672. The Balaban J connectivity index is 1.22. The second-order valence-electron chi connectivity index (χ2n) is 12.0. The smallest absolute Gasteiger partial charge is 0.144 e. The number of hydrogen-bond acceptors (Lipinski definition) is 3. The van der Waals surface area contributed by atoms with Crippen LogP contribution in [0.1, 0.15) is 17.9 Å². The number of allylic oxidation sites excluding steroid dienone is 3. The zero-order valence-corrected chi connectivity index (χ0v) is 25.2. The van der Waals surface area contributed by atoms with Gasteiger partial charge in [0.05, 0.1) is 5.52 Å². The largest absolute Gasteiger partial charge is 0.455 e. The minimum atomic E-state index is 0.250. The van der Waals surface area contributed by atoms with E-state index < -0.39 is 0 Å². The molecular formula is C43H30N2O. The summed E-state index contributed by atoms with van der Waals surface area (Å²) in [5, 5.41) is 5.82. The molecule has 0 N–H and O–H groups in total. The average Bonchev–Trinajstić information content (AvgIpc) is 3.51. The van der Waals surface area contributed by atoms with Crippen molar-refractivity contribution in [2.24, 2.45) is 0 Å². The number of nitrogens with zero attached hydrogens (tertiary/aromatic N) is 2. The second kappa shape index (κ2) is 10.9. The quantitative estimate of drug-likeness (QED) is 0.200. The lowest BCUT2D eigenvalue weighted by atomic mass is 9.87. The molecule has 8 aromatic rings. The molecule has 3 heteroatoms. The third-order valence-corrected chi connectivity index (χ3v) is 9.20. The predicted molar refractivity (Wildman–Crippen MR) is 192 cm³/mol. The lowest BCUT2D eigenvalue weighted by Gasteiger charge is -2.30. The Labute approximate surface area is 267 Å². The van der Waals surface area contributed by atoms with Gasteiger partial charge in [0.25, 0.3) is 0 Å². The van der Waals surface area contributed by atoms with E-state index in [9.17, 15) is 0 Å². The standard InChI is InChI=1S/C43H30N2O/c1-2-10-29(11-3-1)31-14-6-16-33(26-31)45(34-17-7-15-32(27-34)37-19-8-13-30-12-4-5-18-36(30)37)35-21-22-38-39-23-24-41-40(20-9-25-44-41)43(39)46-42(38)28-35/h1-14,16-28,32H,15H2. The molecule has 0 radical (unpaired) electrons. The first-order chi connectivity index (χ1) is 22.8. The van der Waals surface area contributed by atoms with Crippen molar-refractivity contribution in [3.8, 4) is 11.1 Å². The van der Waals surface area contributed by atoms with Gasteiger partial charge in [0, 0.05) is 51.4 Å². The van der Waals surface area contributed by atoms with Gasteiger partial charge in [-0.05, 0) is 88.5 Å². The van der Waals surface area contributed by atoms with Crippen molar-refractivity contribution in [1.29, 1.82) is 0 Å². The number of rotatable bonds is 5. The van der Waals surface area contributed by atoms with Gasteiger partial charge in [-0.3, -0.25) is 4.98 Å². The minimum absolute atomic E-state index is 0.250. The van der Waals surface area contributed by atoms with Gasteiger partial charge in [-0.1, -0.05) is 97.1 Å². The Morgan fingerprint density at radius 3 is 2.35 bits per heavy atom. The molecule has 9 rings (SSSR count). The summed E-state index contributed by atoms with van der Waals surface area (Å²) in [4.78, 5) is 6.92. The van der Waals surface area contributed by atoms with Crippen LogP contribution in [0, 0.1) is 0 Å². The molecule has 2 heterocycles. The first kappa shape index (κ1) is 26.5. The summed E-state index contributed by atoms with van der Waals surface area (Å²) in [6, 6.07) is 49.6. The van der Waals surface area contributed by atoms with Crippen molar-refractivity contribution in [2.75, 3.05) is 4.90 Å². The zero-order valence-electron chi connectivity index (χ0n) is 25.2. The van der Waals surface area contributed by atoms with E-state index in [1.807, 2.05) is 12.3 Å². The van der Waals surface area contributed by atoms with Crippen LogP contribution in [-0.2, 0) is 0 Å². The van der Waals surface area contributed by atoms with Crippen LogP contribution in [0.5, 0.6) is 0 Å². The van der Waals surface area contributed by atoms with E-state index in [-0.39, 0.29) is 5.92 Å². The van der Waals surface area contributed by atoms with Crippen LogP contribution < -0.4 is 4.90 Å². The normalized spacial score (nSPS) is 14.7. The van der Waals surface area contributed by atoms with Crippen molar-refractivity contribution in [2.45, 2.75) is 12.3 Å². The van der Waals surface area contributed by atoms with E-state index in [2.05, 4.69) is 162 Å². The molecule has 0 spiro atoms. The number of benzene rings is 6. The Kier molecular flexibility index (Phi) is 6.27. The van der Waals surface area contributed by atoms with Crippen LogP contribution in [-0.4, -0.2) is 4.98 Å². The maximum Gasteiger partial charge on any atom is 0.144 e. The van der Waals surface area contributed by atoms with Crippen molar-refractivity contribution in [3.63, 3.8) is 0 Å². The van der Waals surface area contributed by atoms with Gasteiger partial charge in [0.15, 0.2) is 0 Å². The average molecular weight is 591 g/mol. The molecule has 0 aliphatic heterocycles. The summed E-state index contributed by atoms with van der Waals surface area (Å²) in [7, 11) is 0. The lowest BCUT2D eigenvalue weighted by Crippen LogP contribution is -2.18. The molecule has 3 nitrogen and oxygen atoms in total. The molecule has 2 aromatic heterocycles. The molecule has 0 saturated carbocycles. The van der Waals surface area contributed by atoms with Gasteiger partial charge < -0.3 is 9.32 Å². The van der Waals surface area contributed by atoms with Crippen molar-refractivity contribution in [3.05, 3.63) is 175 Å². The van der Waals surface area contributed by atoms with Crippen LogP contribution in [0.4, 0.5) is 11.4 Å². The fraction of sp³-hybridized carbons (Fsp3) is 0.0465. The molecule has 0 fully saturated rings. The number of furan rings is 1. The van der Waals surface area contributed by atoms with Gasteiger partial charge in [-0.25, -0.2) is 0 Å². The van der Waals surface area contributed by atoms with Gasteiger partial charge in [-0.15, -0.1) is 0 Å². The van der Waals surface area contributed by atoms with Crippen molar-refractivity contribution < 1.29 is 4.42 Å². The summed E-state index contributed by atoms with van der Waals surface area (Å²) in [6.07, 6.45) is 9.79. The molecule has 46 heavy (non-hydrogen) atoms. The van der Waals surface area contributed by atoms with Crippen LogP contribution in [0.25, 0.3) is 54.7 Å². The maximum atomic E-state index is 6.61. The van der Waals surface area contributed by atoms with E-state index in [0.717, 1.165) is 56.3 Å². The molecule has 1 aliphatic carbocycles. The third kappa shape index (κ3) is 4.48. The summed E-state index contributed by atoms with van der Waals surface area (Å²) in [6.45, 7) is 0. The van der Waals surface area contributed by atoms with E-state index in [0.29, 0.717) is 0 Å². The van der Waals surface area contributed by atoms with E-state index in [1.165, 1.54) is 27.5 Å². The fourth-order valence-corrected chi connectivity index (χ4v) is 7.02. The molecule has 0 saturated heterocycles. The predicted octanol–water partition coefficient (Wildman–Crippen LogP) is 11.7.